The monoisotopic (exact) mass is 510 g/mol. The van der Waals surface area contributed by atoms with E-state index in [0.717, 1.165) is 43.5 Å². The van der Waals surface area contributed by atoms with E-state index >= 15 is 0 Å². The van der Waals surface area contributed by atoms with Crippen molar-refractivity contribution in [3.8, 4) is 17.6 Å². The van der Waals surface area contributed by atoms with Gasteiger partial charge in [0.15, 0.2) is 6.61 Å². The van der Waals surface area contributed by atoms with E-state index in [1.807, 2.05) is 36.4 Å². The molecule has 0 heterocycles. The molecule has 6 nitrogen and oxygen atoms in total. The Labute approximate surface area is 214 Å². The molecule has 2 rings (SSSR count). The summed E-state index contributed by atoms with van der Waals surface area (Å²) in [5, 5.41) is 10.1. The number of nitrogens with zero attached hydrogens (tertiary/aromatic N) is 2. The Bertz CT molecular complexity index is 944. The number of hydrogen-bond acceptors (Lipinski definition) is 6. The summed E-state index contributed by atoms with van der Waals surface area (Å²) in [4.78, 5) is 13.5. The van der Waals surface area contributed by atoms with Crippen LogP contribution in [0.2, 0.25) is 0 Å². The van der Waals surface area contributed by atoms with Crippen molar-refractivity contribution in [1.82, 2.24) is 4.90 Å². The average molecular weight is 511 g/mol. The zero-order chi connectivity index (χ0) is 24.3. The van der Waals surface area contributed by atoms with Crippen LogP contribution in [0.15, 0.2) is 42.5 Å². The van der Waals surface area contributed by atoms with Gasteiger partial charge in [0.1, 0.15) is 5.75 Å². The zero-order valence-corrected chi connectivity index (χ0v) is 21.8. The Hall–Kier alpha value is -2.53. The fourth-order valence-electron chi connectivity index (χ4n) is 3.91. The van der Waals surface area contributed by atoms with Crippen molar-refractivity contribution in [3.63, 3.8) is 0 Å². The van der Waals surface area contributed by atoms with Gasteiger partial charge in [-0.1, -0.05) is 26.0 Å². The molecule has 0 fully saturated rings. The van der Waals surface area contributed by atoms with E-state index in [-0.39, 0.29) is 29.3 Å². The molecule has 2 aromatic rings. The molecule has 0 amide bonds. The minimum atomic E-state index is -0.561. The fraction of sp³-hybridized carbons (Fsp3) is 0.481. The van der Waals surface area contributed by atoms with Gasteiger partial charge in [-0.25, -0.2) is 4.79 Å². The van der Waals surface area contributed by atoms with Crippen molar-refractivity contribution in [2.45, 2.75) is 38.5 Å². The van der Waals surface area contributed by atoms with Gasteiger partial charge in [0.05, 0.1) is 25.7 Å². The second-order valence-electron chi connectivity index (χ2n) is 8.55. The average Bonchev–Trinajstić information content (AvgIpc) is 2.84. The summed E-state index contributed by atoms with van der Waals surface area (Å²) < 4.78 is 15.4. The van der Waals surface area contributed by atoms with Gasteiger partial charge in [-0.3, -0.25) is 0 Å². The van der Waals surface area contributed by atoms with Crippen LogP contribution in [0.4, 0.5) is 0 Å². The van der Waals surface area contributed by atoms with E-state index in [1.165, 1.54) is 7.11 Å². The number of carbonyl (C=O) groups is 1. The second kappa shape index (κ2) is 14.7. The maximum atomic E-state index is 11.3. The minimum Gasteiger partial charge on any atom is -0.523 e. The molecule has 0 aromatic heterocycles. The molecular formula is C27H35CoN2O4-. The second-order valence-corrected chi connectivity index (χ2v) is 8.55. The van der Waals surface area contributed by atoms with Crippen LogP contribution < -0.4 is 9.47 Å². The number of likely N-dealkylation sites (N-methyl/N-ethyl adjacent to an activating group) is 1. The van der Waals surface area contributed by atoms with Gasteiger partial charge in [0.2, 0.25) is 0 Å². The Kier molecular flexibility index (Phi) is 12.7. The minimum absolute atomic E-state index is 0. The molecule has 0 aliphatic carbocycles. The summed E-state index contributed by atoms with van der Waals surface area (Å²) in [5.74, 6) is 1.09. The van der Waals surface area contributed by atoms with Crippen LogP contribution in [-0.4, -0.2) is 51.8 Å². The van der Waals surface area contributed by atoms with Crippen LogP contribution in [0.3, 0.4) is 0 Å². The molecule has 1 radical (unpaired) electrons. The Morgan fingerprint density at radius 1 is 1.21 bits per heavy atom. The van der Waals surface area contributed by atoms with Crippen LogP contribution in [0, 0.1) is 23.3 Å². The van der Waals surface area contributed by atoms with Gasteiger partial charge >= 0.3 is 5.97 Å². The smallest absolute Gasteiger partial charge is 0.343 e. The SMILES string of the molecule is COC(=O)COc1cccc(CCN(C)CCCC(C#N)(c2cc[c-]c(OC)c2)C(C)C)c1.[Co]. The van der Waals surface area contributed by atoms with Crippen molar-refractivity contribution in [2.24, 2.45) is 5.92 Å². The quantitative estimate of drug-likeness (QED) is 0.294. The molecule has 1 atom stereocenters. The number of rotatable bonds is 13. The number of carbonyl (C=O) groups excluding carboxylic acids is 1. The predicted octanol–water partition coefficient (Wildman–Crippen LogP) is 4.42. The molecule has 0 bridgehead atoms. The summed E-state index contributed by atoms with van der Waals surface area (Å²) in [7, 11) is 5.06. The van der Waals surface area contributed by atoms with Crippen molar-refractivity contribution in [3.05, 3.63) is 59.7 Å². The largest absolute Gasteiger partial charge is 0.523 e. The van der Waals surface area contributed by atoms with Gasteiger partial charge in [0.25, 0.3) is 0 Å². The van der Waals surface area contributed by atoms with Crippen LogP contribution in [0.25, 0.3) is 0 Å². The van der Waals surface area contributed by atoms with Gasteiger partial charge in [-0.05, 0) is 56.5 Å². The molecule has 2 aromatic carbocycles. The first-order chi connectivity index (χ1) is 15.8. The predicted molar refractivity (Wildman–Crippen MR) is 128 cm³/mol. The van der Waals surface area contributed by atoms with Crippen molar-refractivity contribution in [1.29, 1.82) is 5.26 Å². The summed E-state index contributed by atoms with van der Waals surface area (Å²) in [6, 6.07) is 19.2. The zero-order valence-electron chi connectivity index (χ0n) is 20.7. The van der Waals surface area contributed by atoms with Crippen molar-refractivity contribution in [2.75, 3.05) is 41.0 Å². The van der Waals surface area contributed by atoms with E-state index < -0.39 is 11.4 Å². The number of benzene rings is 2. The Balaban J connectivity index is 0.00000578. The maximum absolute atomic E-state index is 11.3. The van der Waals surface area contributed by atoms with E-state index in [0.29, 0.717) is 11.5 Å². The molecule has 34 heavy (non-hydrogen) atoms. The molecule has 0 aliphatic rings. The van der Waals surface area contributed by atoms with Gasteiger partial charge in [0, 0.05) is 29.1 Å². The fourth-order valence-corrected chi connectivity index (χ4v) is 3.91. The summed E-state index contributed by atoms with van der Waals surface area (Å²) in [5.41, 5.74) is 1.57. The van der Waals surface area contributed by atoms with Gasteiger partial charge < -0.3 is 19.1 Å². The number of esters is 1. The molecule has 0 saturated heterocycles. The number of methoxy groups -OCH3 is 2. The number of ether oxygens (including phenoxy) is 3. The number of nitriles is 1. The van der Waals surface area contributed by atoms with Crippen molar-refractivity contribution < 1.29 is 35.8 Å². The normalized spacial score (nSPS) is 12.4. The Morgan fingerprint density at radius 2 is 1.97 bits per heavy atom. The molecule has 0 saturated carbocycles. The molecular weight excluding hydrogens is 475 g/mol. The van der Waals surface area contributed by atoms with Crippen LogP contribution in [-0.2, 0) is 38.1 Å². The summed E-state index contributed by atoms with van der Waals surface area (Å²) >= 11 is 0. The van der Waals surface area contributed by atoms with Crippen LogP contribution in [0.1, 0.15) is 37.8 Å². The third-order valence-electron chi connectivity index (χ3n) is 6.07. The maximum Gasteiger partial charge on any atom is 0.343 e. The molecule has 0 N–H and O–H groups in total. The van der Waals surface area contributed by atoms with E-state index in [4.69, 9.17) is 9.47 Å². The molecule has 1 unspecified atom stereocenters. The summed E-state index contributed by atoms with van der Waals surface area (Å²) in [6.07, 6.45) is 2.55. The van der Waals surface area contributed by atoms with Crippen molar-refractivity contribution >= 4 is 5.97 Å². The molecule has 7 heteroatoms. The number of hydrogen-bond donors (Lipinski definition) is 0. The third kappa shape index (κ3) is 8.35. The van der Waals surface area contributed by atoms with E-state index in [9.17, 15) is 10.1 Å². The summed E-state index contributed by atoms with van der Waals surface area (Å²) in [6.45, 7) is 5.89. The van der Waals surface area contributed by atoms with E-state index in [2.05, 4.69) is 48.7 Å². The first-order valence-corrected chi connectivity index (χ1v) is 11.3. The third-order valence-corrected chi connectivity index (χ3v) is 6.07. The van der Waals surface area contributed by atoms with Crippen LogP contribution in [0.5, 0.6) is 11.5 Å². The van der Waals surface area contributed by atoms with Gasteiger partial charge in [-0.2, -0.15) is 17.4 Å². The Morgan fingerprint density at radius 3 is 2.62 bits per heavy atom. The molecule has 0 aliphatic heterocycles. The standard InChI is InChI=1S/C27H35N2O4.Co/c1-21(2)27(20-28,23-10-7-11-24(18-23)31-4)14-8-15-29(3)16-13-22-9-6-12-25(17-22)33-19-26(30)32-5;/h6-7,9-10,12,17-18,21H,8,13-16,19H2,1-5H3;/q-1;. The van der Waals surface area contributed by atoms with E-state index in [1.54, 1.807) is 7.11 Å². The molecule has 187 valence electrons. The van der Waals surface area contributed by atoms with Crippen LogP contribution >= 0.6 is 0 Å². The topological polar surface area (TPSA) is 71.8 Å². The van der Waals surface area contributed by atoms with Gasteiger partial charge in [-0.15, -0.1) is 17.7 Å². The molecule has 0 spiro atoms. The first kappa shape index (κ1) is 29.5. The first-order valence-electron chi connectivity index (χ1n) is 11.3.